The van der Waals surface area contributed by atoms with Crippen LogP contribution >= 0.6 is 0 Å². The van der Waals surface area contributed by atoms with Crippen LogP contribution in [0, 0.1) is 0 Å². The van der Waals surface area contributed by atoms with Crippen LogP contribution in [0.4, 0.5) is 11.5 Å². The topological polar surface area (TPSA) is 66.9 Å². The van der Waals surface area contributed by atoms with E-state index < -0.39 is 0 Å². The summed E-state index contributed by atoms with van der Waals surface area (Å²) in [7, 11) is 0. The van der Waals surface area contributed by atoms with Crippen LogP contribution in [0.2, 0.25) is 0 Å². The Morgan fingerprint density at radius 3 is 2.61 bits per heavy atom. The van der Waals surface area contributed by atoms with Gasteiger partial charge in [-0.15, -0.1) is 0 Å². The van der Waals surface area contributed by atoms with E-state index in [0.29, 0.717) is 12.3 Å². The van der Waals surface area contributed by atoms with Gasteiger partial charge in [0.25, 0.3) is 5.91 Å². The highest BCUT2D eigenvalue weighted by atomic mass is 16.5. The Morgan fingerprint density at radius 2 is 1.82 bits per heavy atom. The van der Waals surface area contributed by atoms with Gasteiger partial charge in [-0.3, -0.25) is 4.79 Å². The zero-order valence-electron chi connectivity index (χ0n) is 18.8. The number of rotatable bonds is 7. The monoisotopic (exact) mass is 446 g/mol. The zero-order chi connectivity index (χ0) is 22.5. The fourth-order valence-corrected chi connectivity index (χ4v) is 4.46. The lowest BCUT2D eigenvalue weighted by Gasteiger charge is -2.36. The number of aromatic nitrogens is 1. The van der Waals surface area contributed by atoms with Gasteiger partial charge in [-0.2, -0.15) is 0 Å². The second kappa shape index (κ2) is 10.1. The molecule has 3 heterocycles. The van der Waals surface area contributed by atoms with Gasteiger partial charge >= 0.3 is 0 Å². The normalized spacial score (nSPS) is 18.5. The van der Waals surface area contributed by atoms with Gasteiger partial charge in [0.15, 0.2) is 6.61 Å². The molecule has 7 nitrogen and oxygen atoms in total. The van der Waals surface area contributed by atoms with Gasteiger partial charge in [-0.05, 0) is 43.2 Å². The quantitative estimate of drug-likeness (QED) is 0.601. The van der Waals surface area contributed by atoms with Gasteiger partial charge in [-0.1, -0.05) is 30.3 Å². The number of anilines is 2. The molecular formula is C26H30N4O3. The lowest BCUT2D eigenvalue weighted by Crippen LogP contribution is -2.46. The molecule has 0 saturated carbocycles. The third-order valence-corrected chi connectivity index (χ3v) is 6.30. The Labute approximate surface area is 194 Å². The van der Waals surface area contributed by atoms with Gasteiger partial charge in [0.2, 0.25) is 0 Å². The maximum absolute atomic E-state index is 12.2. The maximum Gasteiger partial charge on any atom is 0.258 e. The summed E-state index contributed by atoms with van der Waals surface area (Å²) in [6.07, 6.45) is 2.18. The van der Waals surface area contributed by atoms with Crippen molar-refractivity contribution < 1.29 is 14.3 Å². The minimum Gasteiger partial charge on any atom is -0.481 e. The molecule has 0 unspecified atom stereocenters. The molecule has 1 amide bonds. The smallest absolute Gasteiger partial charge is 0.258 e. The van der Waals surface area contributed by atoms with Crippen molar-refractivity contribution in [3.63, 3.8) is 0 Å². The fraction of sp³-hybridized carbons (Fsp3) is 0.385. The summed E-state index contributed by atoms with van der Waals surface area (Å²) in [4.78, 5) is 21.9. The number of nitrogens with one attached hydrogen (secondary N) is 1. The van der Waals surface area contributed by atoms with Crippen molar-refractivity contribution in [2.24, 2.45) is 0 Å². The molecule has 0 radical (unpaired) electrons. The van der Waals surface area contributed by atoms with E-state index in [0.717, 1.165) is 62.3 Å². The van der Waals surface area contributed by atoms with Crippen LogP contribution in [0.15, 0.2) is 60.7 Å². The number of nitrogens with zero attached hydrogens (tertiary/aromatic N) is 3. The number of hydrogen-bond acceptors (Lipinski definition) is 6. The van der Waals surface area contributed by atoms with Gasteiger partial charge < -0.3 is 24.6 Å². The number of fused-ring (bicyclic) bond motifs is 1. The Kier molecular flexibility index (Phi) is 6.58. The van der Waals surface area contributed by atoms with Crippen molar-refractivity contribution in [3.8, 4) is 5.75 Å². The predicted octanol–water partition coefficient (Wildman–Crippen LogP) is 3.24. The van der Waals surface area contributed by atoms with Crippen LogP contribution in [0.1, 0.15) is 12.8 Å². The number of benzene rings is 2. The average molecular weight is 447 g/mol. The van der Waals surface area contributed by atoms with Gasteiger partial charge in [0.1, 0.15) is 17.1 Å². The van der Waals surface area contributed by atoms with E-state index in [1.165, 1.54) is 5.69 Å². The second-order valence-electron chi connectivity index (χ2n) is 8.53. The van der Waals surface area contributed by atoms with Crippen LogP contribution in [0.25, 0.3) is 10.9 Å². The highest BCUT2D eigenvalue weighted by Crippen LogP contribution is 2.27. The summed E-state index contributed by atoms with van der Waals surface area (Å²) in [5.74, 6) is 1.43. The summed E-state index contributed by atoms with van der Waals surface area (Å²) >= 11 is 0. The third kappa shape index (κ3) is 5.20. The van der Waals surface area contributed by atoms with Crippen molar-refractivity contribution in [3.05, 3.63) is 60.7 Å². The van der Waals surface area contributed by atoms with E-state index in [1.807, 2.05) is 24.3 Å². The van der Waals surface area contributed by atoms with E-state index in [2.05, 4.69) is 51.5 Å². The molecule has 1 N–H and O–H groups in total. The number of carbonyl (C=O) groups is 1. The molecule has 0 spiro atoms. The first-order valence-electron chi connectivity index (χ1n) is 11.7. The largest absolute Gasteiger partial charge is 0.481 e. The van der Waals surface area contributed by atoms with Crippen molar-refractivity contribution in [2.45, 2.75) is 18.9 Å². The minimum absolute atomic E-state index is 0.0342. The number of para-hydroxylation sites is 2. The predicted molar refractivity (Wildman–Crippen MR) is 130 cm³/mol. The lowest BCUT2D eigenvalue weighted by molar-refractivity contribution is -0.123. The Bertz CT molecular complexity index is 1080. The van der Waals surface area contributed by atoms with Crippen LogP contribution in [-0.2, 0) is 9.53 Å². The summed E-state index contributed by atoms with van der Waals surface area (Å²) in [6.45, 7) is 4.99. The van der Waals surface area contributed by atoms with Crippen molar-refractivity contribution in [1.82, 2.24) is 10.3 Å². The number of pyridine rings is 1. The number of ether oxygens (including phenoxy) is 2. The molecule has 2 saturated heterocycles. The molecule has 1 atom stereocenters. The number of amides is 1. The first kappa shape index (κ1) is 21.5. The first-order chi connectivity index (χ1) is 16.3. The zero-order valence-corrected chi connectivity index (χ0v) is 18.8. The molecule has 5 rings (SSSR count). The highest BCUT2D eigenvalue weighted by molar-refractivity contribution is 5.86. The SMILES string of the molecule is O=C(COc1cccc2ccc(N3CCN(c4ccccc4)CC3)nc12)NC[C@@H]1CCCO1. The Hall–Kier alpha value is -3.32. The van der Waals surface area contributed by atoms with Crippen molar-refractivity contribution >= 4 is 28.3 Å². The molecule has 2 aliphatic rings. The van der Waals surface area contributed by atoms with E-state index in [-0.39, 0.29) is 18.6 Å². The average Bonchev–Trinajstić information content (AvgIpc) is 3.40. The van der Waals surface area contributed by atoms with E-state index in [4.69, 9.17) is 14.5 Å². The molecular weight excluding hydrogens is 416 g/mol. The molecule has 33 heavy (non-hydrogen) atoms. The number of piperazine rings is 1. The number of carbonyl (C=O) groups excluding carboxylic acids is 1. The molecule has 0 bridgehead atoms. The highest BCUT2D eigenvalue weighted by Gasteiger charge is 2.19. The summed E-state index contributed by atoms with van der Waals surface area (Å²) in [6, 6.07) is 20.5. The van der Waals surface area contributed by atoms with Crippen LogP contribution in [-0.4, -0.2) is 62.9 Å². The van der Waals surface area contributed by atoms with Crippen LogP contribution in [0.5, 0.6) is 5.75 Å². The molecule has 1 aromatic heterocycles. The van der Waals surface area contributed by atoms with Gasteiger partial charge in [0.05, 0.1) is 6.10 Å². The lowest BCUT2D eigenvalue weighted by atomic mass is 10.2. The maximum atomic E-state index is 12.2. The second-order valence-corrected chi connectivity index (χ2v) is 8.53. The molecule has 3 aromatic rings. The molecule has 172 valence electrons. The van der Waals surface area contributed by atoms with E-state index in [1.54, 1.807) is 0 Å². The first-order valence-corrected chi connectivity index (χ1v) is 11.7. The third-order valence-electron chi connectivity index (χ3n) is 6.30. The van der Waals surface area contributed by atoms with Crippen LogP contribution < -0.4 is 19.9 Å². The molecule has 7 heteroatoms. The van der Waals surface area contributed by atoms with Gasteiger partial charge in [0, 0.05) is 50.4 Å². The molecule has 0 aliphatic carbocycles. The van der Waals surface area contributed by atoms with Crippen molar-refractivity contribution in [1.29, 1.82) is 0 Å². The van der Waals surface area contributed by atoms with Gasteiger partial charge in [-0.25, -0.2) is 4.98 Å². The summed E-state index contributed by atoms with van der Waals surface area (Å²) in [5.41, 5.74) is 2.05. The molecule has 2 fully saturated rings. The molecule has 2 aromatic carbocycles. The van der Waals surface area contributed by atoms with Crippen LogP contribution in [0.3, 0.4) is 0 Å². The fourth-order valence-electron chi connectivity index (χ4n) is 4.46. The number of hydrogen-bond donors (Lipinski definition) is 1. The Morgan fingerprint density at radius 1 is 1.00 bits per heavy atom. The van der Waals surface area contributed by atoms with E-state index in [9.17, 15) is 4.79 Å². The molecule has 2 aliphatic heterocycles. The Balaban J connectivity index is 1.22. The van der Waals surface area contributed by atoms with Crippen molar-refractivity contribution in [2.75, 3.05) is 55.7 Å². The summed E-state index contributed by atoms with van der Waals surface area (Å²) < 4.78 is 11.4. The van der Waals surface area contributed by atoms with E-state index >= 15 is 0 Å². The standard InChI is InChI=1S/C26H30N4O3/c31-25(27-18-22-9-5-17-32-22)19-33-23-10-4-6-20-11-12-24(28-26(20)23)30-15-13-29(14-16-30)21-7-2-1-3-8-21/h1-4,6-8,10-12,22H,5,9,13-19H2,(H,27,31)/t22-/m0/s1. The minimum atomic E-state index is -0.143. The summed E-state index contributed by atoms with van der Waals surface area (Å²) in [5, 5.41) is 3.90.